The molecule has 1 fully saturated rings. The second-order valence-corrected chi connectivity index (χ2v) is 14.3. The number of carbonyl (C=O) groups is 2. The van der Waals surface area contributed by atoms with E-state index in [1.807, 2.05) is 0 Å². The van der Waals surface area contributed by atoms with Crippen LogP contribution in [0.2, 0.25) is 0 Å². The van der Waals surface area contributed by atoms with Gasteiger partial charge in [0.25, 0.3) is 0 Å². The van der Waals surface area contributed by atoms with Gasteiger partial charge in [0.05, 0.1) is 18.8 Å². The molecule has 0 bridgehead atoms. The fourth-order valence-electron chi connectivity index (χ4n) is 6.44. The van der Waals surface area contributed by atoms with Gasteiger partial charge in [-0.05, 0) is 12.8 Å². The minimum absolute atomic E-state index is 0.291. The molecule has 1 rings (SSSR count). The zero-order chi connectivity index (χ0) is 36.3. The minimum Gasteiger partial charge on any atom is -0.479 e. The van der Waals surface area contributed by atoms with Crippen LogP contribution >= 0.6 is 0 Å². The third-order valence-corrected chi connectivity index (χ3v) is 9.78. The lowest BCUT2D eigenvalue weighted by Gasteiger charge is -2.39. The Hall–Kier alpha value is -1.34. The van der Waals surface area contributed by atoms with Crippen molar-refractivity contribution in [1.82, 2.24) is 5.32 Å². The molecule has 0 radical (unpaired) electrons. The van der Waals surface area contributed by atoms with Crippen molar-refractivity contribution in [1.29, 1.82) is 0 Å². The van der Waals surface area contributed by atoms with Crippen LogP contribution in [0.25, 0.3) is 0 Å². The number of aliphatic hydroxyl groups excluding tert-OH is 5. The van der Waals surface area contributed by atoms with Crippen LogP contribution in [0.4, 0.5) is 0 Å². The van der Waals surface area contributed by atoms with Crippen molar-refractivity contribution in [3.05, 3.63) is 0 Å². The smallest absolute Gasteiger partial charge is 0.335 e. The first-order valence-electron chi connectivity index (χ1n) is 19.8. The topological polar surface area (TPSA) is 186 Å². The highest BCUT2D eigenvalue weighted by Crippen LogP contribution is 2.23. The fraction of sp³-hybridized carbons (Fsp3) is 0.947. The molecule has 1 aliphatic rings. The van der Waals surface area contributed by atoms with Gasteiger partial charge >= 0.3 is 5.97 Å². The van der Waals surface area contributed by atoms with E-state index in [1.165, 1.54) is 96.3 Å². The largest absolute Gasteiger partial charge is 0.479 e. The van der Waals surface area contributed by atoms with Crippen LogP contribution in [0, 0.1) is 0 Å². The molecule has 290 valence electrons. The maximum absolute atomic E-state index is 12.9. The number of nitrogens with one attached hydrogen (secondary N) is 1. The summed E-state index contributed by atoms with van der Waals surface area (Å²) in [5.41, 5.74) is 0. The summed E-state index contributed by atoms with van der Waals surface area (Å²) >= 11 is 0. The number of hydrogen-bond acceptors (Lipinski definition) is 9. The molecule has 1 heterocycles. The van der Waals surface area contributed by atoms with E-state index in [9.17, 15) is 40.2 Å². The molecule has 0 aromatic carbocycles. The second-order valence-electron chi connectivity index (χ2n) is 14.3. The number of aliphatic carboxylic acids is 1. The maximum atomic E-state index is 12.9. The summed E-state index contributed by atoms with van der Waals surface area (Å²) in [4.78, 5) is 24.4. The van der Waals surface area contributed by atoms with Crippen molar-refractivity contribution in [3.63, 3.8) is 0 Å². The lowest BCUT2D eigenvalue weighted by molar-refractivity contribution is -0.295. The number of hydrogen-bond donors (Lipinski definition) is 7. The van der Waals surface area contributed by atoms with Crippen molar-refractivity contribution >= 4 is 11.9 Å². The van der Waals surface area contributed by atoms with Gasteiger partial charge in [0.1, 0.15) is 24.4 Å². The molecule has 7 N–H and O–H groups in total. The van der Waals surface area contributed by atoms with Gasteiger partial charge in [-0.2, -0.15) is 0 Å². The summed E-state index contributed by atoms with van der Waals surface area (Å²) in [5.74, 6) is -2.17. The van der Waals surface area contributed by atoms with Crippen molar-refractivity contribution in [3.8, 4) is 0 Å². The molecule has 0 aliphatic carbocycles. The monoisotopic (exact) mass is 704 g/mol. The Morgan fingerprint density at radius 1 is 0.612 bits per heavy atom. The van der Waals surface area contributed by atoms with Gasteiger partial charge in [-0.25, -0.2) is 4.79 Å². The number of ether oxygens (including phenoxy) is 2. The predicted octanol–water partition coefficient (Wildman–Crippen LogP) is 5.89. The normalized spacial score (nSPS) is 22.9. The highest BCUT2D eigenvalue weighted by Gasteiger charge is 2.47. The zero-order valence-electron chi connectivity index (χ0n) is 30.8. The van der Waals surface area contributed by atoms with Gasteiger partial charge in [0, 0.05) is 0 Å². The van der Waals surface area contributed by atoms with Gasteiger partial charge < -0.3 is 45.4 Å². The first-order valence-corrected chi connectivity index (χ1v) is 19.8. The van der Waals surface area contributed by atoms with Crippen molar-refractivity contribution in [2.75, 3.05) is 6.61 Å². The molecule has 1 amide bonds. The van der Waals surface area contributed by atoms with Crippen LogP contribution in [-0.4, -0.2) is 98.1 Å². The molecule has 1 saturated heterocycles. The number of unbranched alkanes of at least 4 members (excludes halogenated alkanes) is 21. The molecular weight excluding hydrogens is 630 g/mol. The minimum atomic E-state index is -1.86. The van der Waals surface area contributed by atoms with E-state index in [0.29, 0.717) is 19.3 Å². The van der Waals surface area contributed by atoms with Gasteiger partial charge in [-0.15, -0.1) is 0 Å². The van der Waals surface area contributed by atoms with E-state index < -0.39 is 60.8 Å². The van der Waals surface area contributed by atoms with Crippen LogP contribution in [0.5, 0.6) is 0 Å². The number of amides is 1. The summed E-state index contributed by atoms with van der Waals surface area (Å²) in [6.45, 7) is 4.07. The molecule has 0 aromatic rings. The van der Waals surface area contributed by atoms with E-state index in [4.69, 9.17) is 9.47 Å². The Balaban J connectivity index is 2.53. The molecule has 11 nitrogen and oxygen atoms in total. The van der Waals surface area contributed by atoms with E-state index in [0.717, 1.165) is 44.9 Å². The SMILES string of the molecule is CCCCCCCCCCCCCCC[C@@H](O)[C@H](CO[C@H]1OC(C(=O)O)[C@H](O)[C@H](O)[C@H]1O)NC(=O)[C@@H](O)CCCCCCCCCCCC. The molecule has 1 aliphatic heterocycles. The van der Waals surface area contributed by atoms with Crippen LogP contribution in [0.1, 0.15) is 174 Å². The lowest BCUT2D eigenvalue weighted by atomic mass is 9.99. The van der Waals surface area contributed by atoms with Gasteiger partial charge in [0.15, 0.2) is 12.4 Å². The average Bonchev–Trinajstić information content (AvgIpc) is 3.08. The van der Waals surface area contributed by atoms with E-state index in [-0.39, 0.29) is 6.61 Å². The molecule has 8 atom stereocenters. The third-order valence-electron chi connectivity index (χ3n) is 9.78. The molecule has 49 heavy (non-hydrogen) atoms. The van der Waals surface area contributed by atoms with E-state index in [2.05, 4.69) is 19.2 Å². The van der Waals surface area contributed by atoms with Crippen molar-refractivity contribution in [2.24, 2.45) is 0 Å². The fourth-order valence-corrected chi connectivity index (χ4v) is 6.44. The zero-order valence-corrected chi connectivity index (χ0v) is 30.8. The Bertz CT molecular complexity index is 817. The molecule has 0 spiro atoms. The first-order chi connectivity index (χ1) is 23.6. The number of aliphatic hydroxyl groups is 5. The quantitative estimate of drug-likeness (QED) is 0.0417. The molecule has 11 heteroatoms. The third kappa shape index (κ3) is 20.9. The van der Waals surface area contributed by atoms with Crippen LogP contribution in [0.15, 0.2) is 0 Å². The predicted molar refractivity (Wildman–Crippen MR) is 191 cm³/mol. The van der Waals surface area contributed by atoms with Gasteiger partial charge in [0.2, 0.25) is 5.91 Å². The van der Waals surface area contributed by atoms with Crippen LogP contribution < -0.4 is 5.32 Å². The molecule has 0 saturated carbocycles. The average molecular weight is 704 g/mol. The van der Waals surface area contributed by atoms with Crippen molar-refractivity contribution in [2.45, 2.75) is 223 Å². The second kappa shape index (κ2) is 29.3. The molecular formula is C38H73NO10. The summed E-state index contributed by atoms with van der Waals surface area (Å²) in [5, 5.41) is 64.1. The number of carboxylic acids is 1. The maximum Gasteiger partial charge on any atom is 0.335 e. The van der Waals surface area contributed by atoms with Crippen molar-refractivity contribution < 1.29 is 49.7 Å². The lowest BCUT2D eigenvalue weighted by Crippen LogP contribution is -2.61. The molecule has 1 unspecified atom stereocenters. The van der Waals surface area contributed by atoms with E-state index >= 15 is 0 Å². The standard InChI is InChI=1S/C38H73NO10/c1-3-5-7-9-11-13-15-16-17-19-20-22-24-26-30(40)29(28-48-38-34(44)32(42)33(43)35(49-38)37(46)47)39-36(45)31(41)27-25-23-21-18-14-12-10-8-6-4-2/h29-35,38,40-44H,3-28H2,1-2H3,(H,39,45)(H,46,47)/t29-,30+,31-,32-,33+,34+,35?,38-/m0/s1. The Labute approximate surface area is 296 Å². The number of carboxylic acid groups (broad SMARTS) is 1. The summed E-state index contributed by atoms with van der Waals surface area (Å²) in [7, 11) is 0. The molecule has 0 aromatic heterocycles. The number of rotatable bonds is 32. The Kier molecular flexibility index (Phi) is 27.3. The van der Waals surface area contributed by atoms with Crippen LogP contribution in [0.3, 0.4) is 0 Å². The number of carbonyl (C=O) groups excluding carboxylic acids is 1. The van der Waals surface area contributed by atoms with E-state index in [1.54, 1.807) is 0 Å². The van der Waals surface area contributed by atoms with Gasteiger partial charge in [-0.3, -0.25) is 4.79 Å². The summed E-state index contributed by atoms with van der Waals surface area (Å²) < 4.78 is 10.8. The highest BCUT2D eigenvalue weighted by atomic mass is 16.7. The van der Waals surface area contributed by atoms with Crippen LogP contribution in [-0.2, 0) is 19.1 Å². The highest BCUT2D eigenvalue weighted by molar-refractivity contribution is 5.80. The van der Waals surface area contributed by atoms with Gasteiger partial charge in [-0.1, -0.05) is 162 Å². The summed E-state index contributed by atoms with van der Waals surface area (Å²) in [6.07, 6.45) is 16.3. The Morgan fingerprint density at radius 2 is 1.02 bits per heavy atom. The summed E-state index contributed by atoms with van der Waals surface area (Å²) in [6, 6.07) is -0.977. The first kappa shape index (κ1) is 45.7. The Morgan fingerprint density at radius 3 is 1.45 bits per heavy atom.